The Kier molecular flexibility index (Phi) is 6.99. The van der Waals surface area contributed by atoms with E-state index in [4.69, 9.17) is 4.42 Å². The first-order valence-electron chi connectivity index (χ1n) is 21.2. The van der Waals surface area contributed by atoms with Crippen LogP contribution in [0.25, 0.3) is 130 Å². The topological polar surface area (TPSA) is 23.0 Å². The maximum absolute atomic E-state index is 6.35. The van der Waals surface area contributed by atoms with Crippen molar-refractivity contribution in [2.75, 3.05) is 0 Å². The normalized spacial score (nSPS) is 12.2. The van der Waals surface area contributed by atoms with E-state index in [1.165, 1.54) is 108 Å². The van der Waals surface area contributed by atoms with Crippen molar-refractivity contribution < 1.29 is 4.42 Å². The van der Waals surface area contributed by atoms with Gasteiger partial charge in [0.15, 0.2) is 0 Å². The number of benzene rings is 10. The Morgan fingerprint density at radius 3 is 2.02 bits per heavy atom. The van der Waals surface area contributed by atoms with Crippen molar-refractivity contribution in [3.05, 3.63) is 206 Å². The van der Waals surface area contributed by atoms with Gasteiger partial charge in [-0.15, -0.1) is 11.3 Å². The summed E-state index contributed by atoms with van der Waals surface area (Å²) in [5.74, 6) is 0. The third-order valence-corrected chi connectivity index (χ3v) is 14.3. The number of hydrogen-bond donors (Lipinski definition) is 0. The summed E-state index contributed by atoms with van der Waals surface area (Å²) >= 11 is 1.88. The van der Waals surface area contributed by atoms with E-state index in [0.29, 0.717) is 0 Å². The highest BCUT2D eigenvalue weighted by atomic mass is 32.1. The smallest absolute Gasteiger partial charge is 0.136 e. The molecular formula is C58H34N2OS. The van der Waals surface area contributed by atoms with Gasteiger partial charge >= 0.3 is 0 Å². The first-order valence-corrected chi connectivity index (χ1v) is 22.0. The Hall–Kier alpha value is -7.92. The quantitative estimate of drug-likeness (QED) is 0.174. The second kappa shape index (κ2) is 12.8. The minimum Gasteiger partial charge on any atom is -0.456 e. The number of thiophene rings is 1. The van der Waals surface area contributed by atoms with Gasteiger partial charge in [0.1, 0.15) is 11.2 Å². The summed E-state index contributed by atoms with van der Waals surface area (Å²) in [5, 5.41) is 12.3. The van der Waals surface area contributed by atoms with E-state index in [1.807, 2.05) is 17.4 Å². The molecule has 0 N–H and O–H groups in total. The average molecular weight is 807 g/mol. The zero-order valence-electron chi connectivity index (χ0n) is 33.3. The predicted octanol–water partition coefficient (Wildman–Crippen LogP) is 16.6. The minimum absolute atomic E-state index is 0.916. The van der Waals surface area contributed by atoms with Gasteiger partial charge in [0.05, 0.1) is 27.8 Å². The average Bonchev–Trinajstić information content (AvgIpc) is 4.09. The van der Waals surface area contributed by atoms with Crippen molar-refractivity contribution in [3.8, 4) is 33.6 Å². The van der Waals surface area contributed by atoms with Crippen molar-refractivity contribution in [3.63, 3.8) is 0 Å². The van der Waals surface area contributed by atoms with E-state index in [1.54, 1.807) is 0 Å². The molecule has 0 bridgehead atoms. The molecule has 0 aliphatic rings. The van der Waals surface area contributed by atoms with Crippen LogP contribution in [0.2, 0.25) is 0 Å². The Balaban J connectivity index is 1.07. The number of rotatable bonds is 4. The molecule has 3 nitrogen and oxygen atoms in total. The molecule has 0 unspecified atom stereocenters. The van der Waals surface area contributed by atoms with Crippen LogP contribution >= 0.6 is 11.3 Å². The van der Waals surface area contributed by atoms with Gasteiger partial charge in [-0.05, 0) is 82.7 Å². The lowest BCUT2D eigenvalue weighted by atomic mass is 9.98. The van der Waals surface area contributed by atoms with Crippen LogP contribution < -0.4 is 0 Å². The van der Waals surface area contributed by atoms with Crippen LogP contribution in [0, 0.1) is 0 Å². The zero-order chi connectivity index (χ0) is 40.5. The fourth-order valence-electron chi connectivity index (χ4n) is 10.4. The molecule has 0 radical (unpaired) electrons. The van der Waals surface area contributed by atoms with Crippen LogP contribution in [-0.2, 0) is 0 Å². The molecule has 14 rings (SSSR count). The molecule has 0 aliphatic heterocycles. The largest absolute Gasteiger partial charge is 0.456 e. The lowest BCUT2D eigenvalue weighted by Gasteiger charge is -2.12. The molecule has 10 aromatic carbocycles. The van der Waals surface area contributed by atoms with Crippen LogP contribution in [0.3, 0.4) is 0 Å². The summed E-state index contributed by atoms with van der Waals surface area (Å²) in [6, 6.07) is 75.5. The first kappa shape index (κ1) is 33.9. The lowest BCUT2D eigenvalue weighted by molar-refractivity contribution is 0.669. The van der Waals surface area contributed by atoms with E-state index in [2.05, 4.69) is 209 Å². The van der Waals surface area contributed by atoms with Crippen LogP contribution in [0.15, 0.2) is 211 Å². The molecule has 0 spiro atoms. The molecule has 62 heavy (non-hydrogen) atoms. The van der Waals surface area contributed by atoms with Crippen molar-refractivity contribution in [1.29, 1.82) is 0 Å². The van der Waals surface area contributed by atoms with E-state index in [9.17, 15) is 0 Å². The van der Waals surface area contributed by atoms with Crippen LogP contribution in [-0.4, -0.2) is 9.13 Å². The SMILES string of the molecule is c1ccc(-c2ccc3c(c2)c2ccc4c(c5ccccc5n4-c4cccc5ccccc45)c2n3-c2ccc3sc4c(-c5cccc6oc7ccccc7c56)cccc4c3c2)cc1. The highest BCUT2D eigenvalue weighted by Gasteiger charge is 2.23. The van der Waals surface area contributed by atoms with Gasteiger partial charge in [-0.1, -0.05) is 146 Å². The fraction of sp³-hybridized carbons (Fsp3) is 0. The van der Waals surface area contributed by atoms with E-state index < -0.39 is 0 Å². The van der Waals surface area contributed by atoms with Crippen LogP contribution in [0.5, 0.6) is 0 Å². The molecule has 14 aromatic rings. The highest BCUT2D eigenvalue weighted by Crippen LogP contribution is 2.47. The minimum atomic E-state index is 0.916. The number of para-hydroxylation sites is 2. The monoisotopic (exact) mass is 806 g/mol. The van der Waals surface area contributed by atoms with Crippen molar-refractivity contribution >= 4 is 108 Å². The molecule has 0 fully saturated rings. The van der Waals surface area contributed by atoms with Crippen molar-refractivity contribution in [2.24, 2.45) is 0 Å². The Morgan fingerprint density at radius 1 is 0.371 bits per heavy atom. The maximum Gasteiger partial charge on any atom is 0.136 e. The van der Waals surface area contributed by atoms with Crippen molar-refractivity contribution in [2.45, 2.75) is 0 Å². The van der Waals surface area contributed by atoms with Gasteiger partial charge < -0.3 is 13.6 Å². The maximum atomic E-state index is 6.35. The van der Waals surface area contributed by atoms with E-state index >= 15 is 0 Å². The molecule has 0 aliphatic carbocycles. The summed E-state index contributed by atoms with van der Waals surface area (Å²) in [6.07, 6.45) is 0. The molecule has 288 valence electrons. The van der Waals surface area contributed by atoms with Gasteiger partial charge in [-0.2, -0.15) is 0 Å². The molecule has 4 heteroatoms. The first-order chi connectivity index (χ1) is 30.8. The molecule has 0 saturated heterocycles. The fourth-order valence-corrected chi connectivity index (χ4v) is 11.6. The summed E-state index contributed by atoms with van der Waals surface area (Å²) in [6.45, 7) is 0. The summed E-state index contributed by atoms with van der Waals surface area (Å²) in [4.78, 5) is 0. The molecule has 4 aromatic heterocycles. The van der Waals surface area contributed by atoms with Gasteiger partial charge in [0, 0.05) is 69.1 Å². The van der Waals surface area contributed by atoms with Gasteiger partial charge in [-0.25, -0.2) is 0 Å². The van der Waals surface area contributed by atoms with Crippen LogP contribution in [0.4, 0.5) is 0 Å². The molecule has 4 heterocycles. The van der Waals surface area contributed by atoms with Gasteiger partial charge in [0.25, 0.3) is 0 Å². The van der Waals surface area contributed by atoms with E-state index in [-0.39, 0.29) is 0 Å². The number of nitrogens with zero attached hydrogens (tertiary/aromatic N) is 2. The van der Waals surface area contributed by atoms with Gasteiger partial charge in [0.2, 0.25) is 0 Å². The predicted molar refractivity (Wildman–Crippen MR) is 264 cm³/mol. The van der Waals surface area contributed by atoms with Crippen LogP contribution in [0.1, 0.15) is 0 Å². The molecule has 0 saturated carbocycles. The Bertz CT molecular complexity index is 4160. The zero-order valence-corrected chi connectivity index (χ0v) is 34.2. The second-order valence-electron chi connectivity index (χ2n) is 16.4. The number of fused-ring (bicyclic) bond motifs is 14. The number of furan rings is 1. The lowest BCUT2D eigenvalue weighted by Crippen LogP contribution is -1.96. The summed E-state index contributed by atoms with van der Waals surface area (Å²) in [7, 11) is 0. The van der Waals surface area contributed by atoms with E-state index in [0.717, 1.165) is 22.2 Å². The Morgan fingerprint density at radius 2 is 1.08 bits per heavy atom. The Labute approximate surface area is 359 Å². The number of aromatic nitrogens is 2. The molecular weight excluding hydrogens is 773 g/mol. The van der Waals surface area contributed by atoms with Crippen molar-refractivity contribution in [1.82, 2.24) is 9.13 Å². The molecule has 0 amide bonds. The highest BCUT2D eigenvalue weighted by molar-refractivity contribution is 7.26. The molecule has 0 atom stereocenters. The summed E-state index contributed by atoms with van der Waals surface area (Å²) in [5.41, 5.74) is 13.8. The third-order valence-electron chi connectivity index (χ3n) is 13.1. The second-order valence-corrected chi connectivity index (χ2v) is 17.4. The standard InChI is InChI=1S/C58H34N2OS/c1-2-13-35(14-3-1)37-27-30-50-46(33-37)41-29-31-51-56(44-18-6-8-23-49(44)60(51)48-24-10-16-36-15-4-5-17-39(36)48)57(41)59(50)38-28-32-54-47(34-38)43-22-11-21-42(58(43)62-54)40-20-12-26-53-55(40)45-19-7-9-25-52(45)61-53/h1-34H. The van der Waals surface area contributed by atoms with Gasteiger partial charge in [-0.3, -0.25) is 0 Å². The number of hydrogen-bond acceptors (Lipinski definition) is 2. The third kappa shape index (κ3) is 4.70. The summed E-state index contributed by atoms with van der Waals surface area (Å²) < 4.78 is 13.9.